The lowest BCUT2D eigenvalue weighted by Crippen LogP contribution is -2.06. The Kier molecular flexibility index (Phi) is 3.36. The largest absolute Gasteiger partial charge is 0.508 e. The fourth-order valence-electron chi connectivity index (χ4n) is 1.79. The third-order valence-corrected chi connectivity index (χ3v) is 2.62. The second-order valence-electron chi connectivity index (χ2n) is 3.82. The van der Waals surface area contributed by atoms with Gasteiger partial charge in [-0.15, -0.1) is 10.2 Å². The number of benzene rings is 1. The van der Waals surface area contributed by atoms with Crippen LogP contribution in [0.4, 0.5) is 5.95 Å². The molecule has 0 bridgehead atoms. The molecule has 0 amide bonds. The molecule has 0 unspecified atom stereocenters. The number of anilines is 1. The summed E-state index contributed by atoms with van der Waals surface area (Å²) in [5.41, 5.74) is 0.466. The molecule has 0 aliphatic carbocycles. The highest BCUT2D eigenvalue weighted by atomic mass is 16.3. The molecule has 2 rings (SSSR count). The van der Waals surface area contributed by atoms with E-state index in [2.05, 4.69) is 15.5 Å². The number of nitrogens with one attached hydrogen (secondary N) is 1. The summed E-state index contributed by atoms with van der Waals surface area (Å²) in [6.07, 6.45) is 0. The molecule has 0 atom stereocenters. The zero-order valence-electron chi connectivity index (χ0n) is 10.4. The van der Waals surface area contributed by atoms with Gasteiger partial charge in [0.1, 0.15) is 11.5 Å². The average molecular weight is 248 g/mol. The minimum absolute atomic E-state index is 0.0675. The summed E-state index contributed by atoms with van der Waals surface area (Å²) in [6.45, 7) is 5.34. The van der Waals surface area contributed by atoms with Gasteiger partial charge in [-0.3, -0.25) is 4.57 Å². The highest BCUT2D eigenvalue weighted by molar-refractivity contribution is 5.67. The first-order chi connectivity index (χ1) is 8.67. The second kappa shape index (κ2) is 4.95. The van der Waals surface area contributed by atoms with E-state index in [0.29, 0.717) is 23.9 Å². The van der Waals surface area contributed by atoms with Gasteiger partial charge in [0.15, 0.2) is 5.82 Å². The smallest absolute Gasteiger partial charge is 0.224 e. The van der Waals surface area contributed by atoms with Gasteiger partial charge in [0, 0.05) is 13.1 Å². The number of hydrogen-bond acceptors (Lipinski definition) is 5. The topological polar surface area (TPSA) is 83.2 Å². The summed E-state index contributed by atoms with van der Waals surface area (Å²) in [6, 6.07) is 4.34. The maximum atomic E-state index is 9.83. The van der Waals surface area contributed by atoms with Crippen molar-refractivity contribution in [1.82, 2.24) is 14.8 Å². The number of aromatic nitrogens is 3. The van der Waals surface area contributed by atoms with E-state index in [1.807, 2.05) is 18.4 Å². The Morgan fingerprint density at radius 2 is 2.00 bits per heavy atom. The SMILES string of the molecule is CCNc1nnc(-c2cc(O)ccc2O)n1CC. The molecule has 96 valence electrons. The lowest BCUT2D eigenvalue weighted by atomic mass is 10.2. The van der Waals surface area contributed by atoms with Crippen LogP contribution in [0, 0.1) is 0 Å². The predicted molar refractivity (Wildman–Crippen MR) is 68.6 cm³/mol. The Balaban J connectivity index is 2.53. The van der Waals surface area contributed by atoms with Crippen LogP contribution in [0.15, 0.2) is 18.2 Å². The number of aromatic hydroxyl groups is 2. The van der Waals surface area contributed by atoms with Crippen molar-refractivity contribution >= 4 is 5.95 Å². The Bertz CT molecular complexity index is 551. The van der Waals surface area contributed by atoms with E-state index in [1.54, 1.807) is 0 Å². The maximum Gasteiger partial charge on any atom is 0.224 e. The first-order valence-corrected chi connectivity index (χ1v) is 5.86. The number of phenolic OH excluding ortho intramolecular Hbond substituents is 2. The summed E-state index contributed by atoms with van der Waals surface area (Å²) >= 11 is 0. The molecule has 2 aromatic rings. The fourth-order valence-corrected chi connectivity index (χ4v) is 1.79. The van der Waals surface area contributed by atoms with Crippen molar-refractivity contribution in [2.45, 2.75) is 20.4 Å². The van der Waals surface area contributed by atoms with Crippen LogP contribution in [0.1, 0.15) is 13.8 Å². The standard InChI is InChI=1S/C12H16N4O2/c1-3-13-12-15-14-11(16(12)4-2)9-7-8(17)5-6-10(9)18/h5-7,17-18H,3-4H2,1-2H3,(H,13,15). The van der Waals surface area contributed by atoms with E-state index >= 15 is 0 Å². The third-order valence-electron chi connectivity index (χ3n) is 2.62. The van der Waals surface area contributed by atoms with Crippen LogP contribution in [0.3, 0.4) is 0 Å². The molecular weight excluding hydrogens is 232 g/mol. The molecule has 0 aliphatic heterocycles. The number of nitrogens with zero attached hydrogens (tertiary/aromatic N) is 3. The summed E-state index contributed by atoms with van der Waals surface area (Å²) in [5.74, 6) is 1.33. The minimum Gasteiger partial charge on any atom is -0.508 e. The number of hydrogen-bond donors (Lipinski definition) is 3. The molecular formula is C12H16N4O2. The van der Waals surface area contributed by atoms with E-state index in [9.17, 15) is 10.2 Å². The summed E-state index contributed by atoms with van der Waals surface area (Å²) < 4.78 is 1.85. The minimum atomic E-state index is 0.0675. The second-order valence-corrected chi connectivity index (χ2v) is 3.82. The van der Waals surface area contributed by atoms with Crippen molar-refractivity contribution in [3.63, 3.8) is 0 Å². The maximum absolute atomic E-state index is 9.83. The van der Waals surface area contributed by atoms with Crippen molar-refractivity contribution in [1.29, 1.82) is 0 Å². The average Bonchev–Trinajstić information content (AvgIpc) is 2.75. The summed E-state index contributed by atoms with van der Waals surface area (Å²) in [7, 11) is 0. The Labute approximate surface area is 105 Å². The molecule has 0 fully saturated rings. The highest BCUT2D eigenvalue weighted by Crippen LogP contribution is 2.32. The fraction of sp³-hybridized carbons (Fsp3) is 0.333. The van der Waals surface area contributed by atoms with Crippen LogP contribution in [-0.2, 0) is 6.54 Å². The first kappa shape index (κ1) is 12.2. The van der Waals surface area contributed by atoms with Crippen molar-refractivity contribution in [2.24, 2.45) is 0 Å². The van der Waals surface area contributed by atoms with Crippen molar-refractivity contribution in [3.8, 4) is 22.9 Å². The van der Waals surface area contributed by atoms with Crippen LogP contribution in [0.25, 0.3) is 11.4 Å². The lowest BCUT2D eigenvalue weighted by Gasteiger charge is -2.09. The van der Waals surface area contributed by atoms with Crippen molar-refractivity contribution in [2.75, 3.05) is 11.9 Å². The third kappa shape index (κ3) is 2.09. The Hall–Kier alpha value is -2.24. The van der Waals surface area contributed by atoms with E-state index < -0.39 is 0 Å². The van der Waals surface area contributed by atoms with E-state index in [-0.39, 0.29) is 11.5 Å². The van der Waals surface area contributed by atoms with Gasteiger partial charge in [0.2, 0.25) is 5.95 Å². The molecule has 1 aromatic carbocycles. The molecule has 6 heteroatoms. The van der Waals surface area contributed by atoms with Gasteiger partial charge in [-0.1, -0.05) is 0 Å². The molecule has 3 N–H and O–H groups in total. The molecule has 18 heavy (non-hydrogen) atoms. The number of phenols is 2. The Morgan fingerprint density at radius 3 is 2.67 bits per heavy atom. The van der Waals surface area contributed by atoms with Crippen molar-refractivity contribution < 1.29 is 10.2 Å². The van der Waals surface area contributed by atoms with Gasteiger partial charge >= 0.3 is 0 Å². The summed E-state index contributed by atoms with van der Waals surface area (Å²) in [4.78, 5) is 0. The normalized spacial score (nSPS) is 10.6. The molecule has 0 spiro atoms. The molecule has 0 saturated heterocycles. The van der Waals surface area contributed by atoms with Crippen LogP contribution >= 0.6 is 0 Å². The van der Waals surface area contributed by atoms with Gasteiger partial charge in [0.05, 0.1) is 5.56 Å². The highest BCUT2D eigenvalue weighted by Gasteiger charge is 2.15. The predicted octanol–water partition coefficient (Wildman–Crippen LogP) is 1.81. The first-order valence-electron chi connectivity index (χ1n) is 5.86. The molecule has 0 aliphatic rings. The summed E-state index contributed by atoms with van der Waals surface area (Å²) in [5, 5.41) is 30.5. The van der Waals surface area contributed by atoms with Crippen LogP contribution in [0.5, 0.6) is 11.5 Å². The zero-order valence-corrected chi connectivity index (χ0v) is 10.4. The van der Waals surface area contributed by atoms with Crippen LogP contribution < -0.4 is 5.32 Å². The molecule has 0 radical (unpaired) electrons. The van der Waals surface area contributed by atoms with E-state index in [4.69, 9.17) is 0 Å². The molecule has 1 heterocycles. The van der Waals surface area contributed by atoms with Gasteiger partial charge in [-0.2, -0.15) is 0 Å². The molecule has 1 aromatic heterocycles. The van der Waals surface area contributed by atoms with Crippen LogP contribution in [0.2, 0.25) is 0 Å². The molecule has 0 saturated carbocycles. The lowest BCUT2D eigenvalue weighted by molar-refractivity contribution is 0.461. The quantitative estimate of drug-likeness (QED) is 0.719. The Morgan fingerprint density at radius 1 is 1.22 bits per heavy atom. The van der Waals surface area contributed by atoms with Gasteiger partial charge in [-0.25, -0.2) is 0 Å². The van der Waals surface area contributed by atoms with Crippen LogP contribution in [-0.4, -0.2) is 31.5 Å². The zero-order chi connectivity index (χ0) is 13.1. The van der Waals surface area contributed by atoms with E-state index in [0.717, 1.165) is 6.54 Å². The number of rotatable bonds is 4. The monoisotopic (exact) mass is 248 g/mol. The van der Waals surface area contributed by atoms with E-state index in [1.165, 1.54) is 18.2 Å². The van der Waals surface area contributed by atoms with Gasteiger partial charge in [-0.05, 0) is 32.0 Å². The van der Waals surface area contributed by atoms with Crippen molar-refractivity contribution in [3.05, 3.63) is 18.2 Å². The van der Waals surface area contributed by atoms with Gasteiger partial charge in [0.25, 0.3) is 0 Å². The molecule has 6 nitrogen and oxygen atoms in total. The van der Waals surface area contributed by atoms with Gasteiger partial charge < -0.3 is 15.5 Å².